The minimum atomic E-state index is -0.989. The Morgan fingerprint density at radius 1 is 1.38 bits per heavy atom. The summed E-state index contributed by atoms with van der Waals surface area (Å²) >= 11 is 0.936. The van der Waals surface area contributed by atoms with Gasteiger partial charge in [-0.15, -0.1) is 11.8 Å². The number of hydrogen-bond acceptors (Lipinski definition) is 6. The third kappa shape index (κ3) is 8.48. The molecule has 0 saturated carbocycles. The molecular weight excluding hydrogens is 236 g/mol. The molecule has 0 spiro atoms. The van der Waals surface area contributed by atoms with Gasteiger partial charge in [-0.3, -0.25) is 14.8 Å². The largest absolute Gasteiger partial charge is 0.481 e. The Morgan fingerprint density at radius 3 is 2.62 bits per heavy atom. The Morgan fingerprint density at radius 2 is 2.06 bits per heavy atom. The van der Waals surface area contributed by atoms with E-state index in [-0.39, 0.29) is 24.7 Å². The van der Waals surface area contributed by atoms with Crippen LogP contribution >= 0.6 is 11.8 Å². The van der Waals surface area contributed by atoms with Crippen LogP contribution in [0.15, 0.2) is 0 Å². The van der Waals surface area contributed by atoms with Crippen molar-refractivity contribution in [2.24, 2.45) is 5.73 Å². The van der Waals surface area contributed by atoms with E-state index in [9.17, 15) is 14.8 Å². The molecule has 0 atom stereocenters. The van der Waals surface area contributed by atoms with Crippen LogP contribution in [0.1, 0.15) is 6.42 Å². The molecular formula is C8H16N2O5S. The molecule has 94 valence electrons. The molecule has 0 aliphatic heterocycles. The standard InChI is InChI=1S/C8H16N2O5S/c9-2-4-15-3-1-7(11)10(14)6-16-5-8(12)13/h14H,1-6,9H2,(H,12,13). The summed E-state index contributed by atoms with van der Waals surface area (Å²) in [5.41, 5.74) is 5.17. The van der Waals surface area contributed by atoms with E-state index in [1.165, 1.54) is 0 Å². The first kappa shape index (κ1) is 15.2. The maximum Gasteiger partial charge on any atom is 0.313 e. The number of carbonyl (C=O) groups excluding carboxylic acids is 1. The van der Waals surface area contributed by atoms with Gasteiger partial charge >= 0.3 is 5.97 Å². The Kier molecular flexibility index (Phi) is 8.91. The van der Waals surface area contributed by atoms with Gasteiger partial charge in [-0.2, -0.15) is 0 Å². The Bertz CT molecular complexity index is 226. The summed E-state index contributed by atoms with van der Waals surface area (Å²) in [6.07, 6.45) is 0.0458. The molecule has 0 bridgehead atoms. The van der Waals surface area contributed by atoms with E-state index in [0.717, 1.165) is 11.8 Å². The van der Waals surface area contributed by atoms with Crippen molar-refractivity contribution in [1.82, 2.24) is 5.06 Å². The molecule has 0 saturated heterocycles. The minimum Gasteiger partial charge on any atom is -0.481 e. The fourth-order valence-electron chi connectivity index (χ4n) is 0.765. The molecule has 4 N–H and O–H groups in total. The van der Waals surface area contributed by atoms with Crippen molar-refractivity contribution in [3.05, 3.63) is 0 Å². The lowest BCUT2D eigenvalue weighted by atomic mass is 10.4. The van der Waals surface area contributed by atoms with Gasteiger partial charge in [0.1, 0.15) is 0 Å². The van der Waals surface area contributed by atoms with Crippen LogP contribution in [0.5, 0.6) is 0 Å². The molecule has 1 amide bonds. The monoisotopic (exact) mass is 252 g/mol. The number of hydrogen-bond donors (Lipinski definition) is 3. The number of thioether (sulfide) groups is 1. The van der Waals surface area contributed by atoms with Gasteiger partial charge < -0.3 is 15.6 Å². The van der Waals surface area contributed by atoms with Gasteiger partial charge in [0, 0.05) is 6.54 Å². The van der Waals surface area contributed by atoms with E-state index in [0.29, 0.717) is 18.2 Å². The second kappa shape index (κ2) is 9.40. The van der Waals surface area contributed by atoms with Gasteiger partial charge in [-0.1, -0.05) is 0 Å². The average Bonchev–Trinajstić information content (AvgIpc) is 2.23. The van der Waals surface area contributed by atoms with E-state index in [1.807, 2.05) is 0 Å². The number of rotatable bonds is 9. The smallest absolute Gasteiger partial charge is 0.313 e. The normalized spacial score (nSPS) is 10.1. The number of carboxylic acid groups (broad SMARTS) is 1. The van der Waals surface area contributed by atoms with Crippen LogP contribution in [-0.4, -0.2) is 58.6 Å². The lowest BCUT2D eigenvalue weighted by Gasteiger charge is -2.13. The van der Waals surface area contributed by atoms with Crippen LogP contribution in [-0.2, 0) is 14.3 Å². The summed E-state index contributed by atoms with van der Waals surface area (Å²) < 4.78 is 4.96. The second-order valence-corrected chi connectivity index (χ2v) is 3.77. The number of nitrogens with zero attached hydrogens (tertiary/aromatic N) is 1. The summed E-state index contributed by atoms with van der Waals surface area (Å²) in [5.74, 6) is -1.72. The summed E-state index contributed by atoms with van der Waals surface area (Å²) in [6, 6.07) is 0. The molecule has 0 aliphatic carbocycles. The highest BCUT2D eigenvalue weighted by Gasteiger charge is 2.11. The number of hydroxylamine groups is 2. The van der Waals surface area contributed by atoms with Gasteiger partial charge in [0.25, 0.3) is 0 Å². The Labute approximate surface area is 97.5 Å². The first-order valence-corrected chi connectivity index (χ1v) is 5.80. The molecule has 16 heavy (non-hydrogen) atoms. The van der Waals surface area contributed by atoms with Crippen molar-refractivity contribution in [2.45, 2.75) is 6.42 Å². The average molecular weight is 252 g/mol. The molecule has 0 aromatic rings. The number of amides is 1. The minimum absolute atomic E-state index is 0.0458. The predicted molar refractivity (Wildman–Crippen MR) is 58.1 cm³/mol. The first-order chi connectivity index (χ1) is 7.57. The van der Waals surface area contributed by atoms with Crippen molar-refractivity contribution in [1.29, 1.82) is 0 Å². The van der Waals surface area contributed by atoms with Gasteiger partial charge in [-0.05, 0) is 0 Å². The fraction of sp³-hybridized carbons (Fsp3) is 0.750. The first-order valence-electron chi connectivity index (χ1n) is 4.64. The van der Waals surface area contributed by atoms with Crippen LogP contribution in [0.4, 0.5) is 0 Å². The predicted octanol–water partition coefficient (Wildman–Crippen LogP) is -0.655. The van der Waals surface area contributed by atoms with Crippen LogP contribution in [0.2, 0.25) is 0 Å². The molecule has 0 rings (SSSR count). The van der Waals surface area contributed by atoms with Crippen LogP contribution < -0.4 is 5.73 Å². The molecule has 0 aliphatic rings. The zero-order valence-electron chi connectivity index (χ0n) is 8.79. The number of ether oxygens (including phenoxy) is 1. The quantitative estimate of drug-likeness (QED) is 0.216. The molecule has 0 fully saturated rings. The highest BCUT2D eigenvalue weighted by Crippen LogP contribution is 2.03. The van der Waals surface area contributed by atoms with Gasteiger partial charge in [0.2, 0.25) is 5.91 Å². The lowest BCUT2D eigenvalue weighted by molar-refractivity contribution is -0.162. The molecule has 0 radical (unpaired) electrons. The van der Waals surface area contributed by atoms with Gasteiger partial charge in [-0.25, -0.2) is 5.06 Å². The van der Waals surface area contributed by atoms with E-state index in [4.69, 9.17) is 15.6 Å². The SMILES string of the molecule is NCCOCCC(=O)N(O)CSCC(=O)O. The van der Waals surface area contributed by atoms with E-state index < -0.39 is 11.9 Å². The van der Waals surface area contributed by atoms with Crippen molar-refractivity contribution in [3.63, 3.8) is 0 Å². The highest BCUT2D eigenvalue weighted by atomic mass is 32.2. The molecule has 7 nitrogen and oxygen atoms in total. The molecule has 8 heteroatoms. The van der Waals surface area contributed by atoms with Crippen molar-refractivity contribution < 1.29 is 24.6 Å². The number of aliphatic carboxylic acids is 1. The number of carboxylic acids is 1. The van der Waals surface area contributed by atoms with E-state index in [1.54, 1.807) is 0 Å². The zero-order chi connectivity index (χ0) is 12.4. The Balaban J connectivity index is 3.53. The summed E-state index contributed by atoms with van der Waals surface area (Å²) in [7, 11) is 0. The summed E-state index contributed by atoms with van der Waals surface area (Å²) in [6.45, 7) is 0.939. The van der Waals surface area contributed by atoms with E-state index in [2.05, 4.69) is 0 Å². The highest BCUT2D eigenvalue weighted by molar-refractivity contribution is 7.99. The molecule has 0 aromatic carbocycles. The maximum atomic E-state index is 11.2. The topological polar surface area (TPSA) is 113 Å². The van der Waals surface area contributed by atoms with Crippen LogP contribution in [0.25, 0.3) is 0 Å². The third-order valence-electron chi connectivity index (χ3n) is 1.45. The van der Waals surface area contributed by atoms with Crippen LogP contribution in [0.3, 0.4) is 0 Å². The lowest BCUT2D eigenvalue weighted by Crippen LogP contribution is -2.28. The molecule has 0 heterocycles. The Hall–Kier alpha value is -0.830. The third-order valence-corrected chi connectivity index (χ3v) is 2.33. The maximum absolute atomic E-state index is 11.2. The van der Waals surface area contributed by atoms with Crippen molar-refractivity contribution >= 4 is 23.6 Å². The number of nitrogens with two attached hydrogens (primary N) is 1. The van der Waals surface area contributed by atoms with Crippen molar-refractivity contribution in [3.8, 4) is 0 Å². The summed E-state index contributed by atoms with van der Waals surface area (Å²) in [4.78, 5) is 21.3. The molecule has 0 aromatic heterocycles. The van der Waals surface area contributed by atoms with Crippen LogP contribution in [0, 0.1) is 0 Å². The fourth-order valence-corrected chi connectivity index (χ4v) is 1.35. The summed E-state index contributed by atoms with van der Waals surface area (Å²) in [5, 5.41) is 18.0. The van der Waals surface area contributed by atoms with Gasteiger partial charge in [0.05, 0.1) is 31.3 Å². The van der Waals surface area contributed by atoms with E-state index >= 15 is 0 Å². The second-order valence-electron chi connectivity index (χ2n) is 2.82. The number of carbonyl (C=O) groups is 2. The zero-order valence-corrected chi connectivity index (χ0v) is 9.61. The van der Waals surface area contributed by atoms with Crippen molar-refractivity contribution in [2.75, 3.05) is 31.4 Å². The van der Waals surface area contributed by atoms with Gasteiger partial charge in [0.15, 0.2) is 0 Å². The molecule has 0 unspecified atom stereocenters.